The van der Waals surface area contributed by atoms with E-state index in [-0.39, 0.29) is 30.1 Å². The highest BCUT2D eigenvalue weighted by molar-refractivity contribution is 5.90. The summed E-state index contributed by atoms with van der Waals surface area (Å²) < 4.78 is 23.3. The van der Waals surface area contributed by atoms with Gasteiger partial charge in [0.1, 0.15) is 11.6 Å². The first-order valence-corrected chi connectivity index (χ1v) is 8.48. The van der Waals surface area contributed by atoms with Crippen molar-refractivity contribution in [1.82, 2.24) is 10.2 Å². The van der Waals surface area contributed by atoms with Gasteiger partial charge >= 0.3 is 5.97 Å². The molecule has 1 aromatic heterocycles. The van der Waals surface area contributed by atoms with Gasteiger partial charge in [-0.15, -0.1) is 0 Å². The highest BCUT2D eigenvalue weighted by Gasteiger charge is 2.24. The molecule has 1 heterocycles. The van der Waals surface area contributed by atoms with E-state index in [0.29, 0.717) is 11.3 Å². The second-order valence-corrected chi connectivity index (χ2v) is 6.34. The first kappa shape index (κ1) is 18.6. The molecule has 0 atom stereocenters. The van der Waals surface area contributed by atoms with Crippen molar-refractivity contribution in [2.75, 3.05) is 20.2 Å². The highest BCUT2D eigenvalue weighted by atomic mass is 19.1. The first-order valence-electron chi connectivity index (χ1n) is 8.48. The lowest BCUT2D eigenvalue weighted by molar-refractivity contribution is -0.137. The maximum absolute atomic E-state index is 13.0. The molecule has 0 spiro atoms. The van der Waals surface area contributed by atoms with E-state index >= 15 is 0 Å². The fourth-order valence-corrected chi connectivity index (χ4v) is 2.33. The molecule has 0 unspecified atom stereocenters. The summed E-state index contributed by atoms with van der Waals surface area (Å²) in [5, 5.41) is 2.77. The van der Waals surface area contributed by atoms with Gasteiger partial charge in [0.2, 0.25) is 11.7 Å². The Morgan fingerprint density at radius 2 is 1.89 bits per heavy atom. The van der Waals surface area contributed by atoms with E-state index in [9.17, 15) is 18.8 Å². The van der Waals surface area contributed by atoms with Crippen LogP contribution in [-0.4, -0.2) is 48.9 Å². The Bertz CT molecular complexity index is 842. The zero-order valence-corrected chi connectivity index (χ0v) is 14.7. The number of hydrogen-bond donors (Lipinski definition) is 1. The van der Waals surface area contributed by atoms with Gasteiger partial charge in [-0.2, -0.15) is 0 Å². The van der Waals surface area contributed by atoms with Crippen molar-refractivity contribution in [2.45, 2.75) is 18.9 Å². The van der Waals surface area contributed by atoms with Crippen LogP contribution in [0.4, 0.5) is 4.39 Å². The number of carbonyl (C=O) groups is 3. The lowest BCUT2D eigenvalue weighted by Gasteiger charge is -2.16. The zero-order chi connectivity index (χ0) is 19.4. The summed E-state index contributed by atoms with van der Waals surface area (Å²) in [6, 6.07) is 8.79. The number of halogens is 1. The molecule has 1 aliphatic carbocycles. The van der Waals surface area contributed by atoms with Crippen LogP contribution in [0.25, 0.3) is 11.3 Å². The van der Waals surface area contributed by atoms with Crippen LogP contribution < -0.4 is 5.32 Å². The number of rotatable bonds is 7. The van der Waals surface area contributed by atoms with Crippen LogP contribution in [0.5, 0.6) is 0 Å². The maximum atomic E-state index is 13.0. The number of likely N-dealkylation sites (N-methyl/N-ethyl adjacent to an activating group) is 1. The summed E-state index contributed by atoms with van der Waals surface area (Å²) in [6.45, 7) is -0.596. The normalized spacial score (nSPS) is 13.1. The fourth-order valence-electron chi connectivity index (χ4n) is 2.33. The number of benzene rings is 1. The third-order valence-corrected chi connectivity index (χ3v) is 4.01. The Labute approximate surface area is 155 Å². The first-order chi connectivity index (χ1) is 12.9. The standard InChI is InChI=1S/C19H19FN2O5/c1-22(10-17(23)21-14-6-7-14)18(24)11-26-19(25)16-9-8-15(27-16)12-2-4-13(20)5-3-12/h2-5,8-9,14H,6-7,10-11H2,1H3,(H,21,23). The lowest BCUT2D eigenvalue weighted by Crippen LogP contribution is -2.40. The van der Waals surface area contributed by atoms with Crippen molar-refractivity contribution in [3.8, 4) is 11.3 Å². The Kier molecular flexibility index (Phi) is 5.54. The predicted octanol–water partition coefficient (Wildman–Crippen LogP) is 1.98. The topological polar surface area (TPSA) is 88.9 Å². The smallest absolute Gasteiger partial charge is 0.374 e. The van der Waals surface area contributed by atoms with E-state index in [0.717, 1.165) is 12.8 Å². The quantitative estimate of drug-likeness (QED) is 0.749. The molecule has 2 amide bonds. The van der Waals surface area contributed by atoms with Gasteiger partial charge in [0, 0.05) is 18.7 Å². The van der Waals surface area contributed by atoms with Gasteiger partial charge in [0.15, 0.2) is 6.61 Å². The number of furan rings is 1. The van der Waals surface area contributed by atoms with E-state index in [1.165, 1.54) is 42.3 Å². The van der Waals surface area contributed by atoms with Crippen LogP contribution in [-0.2, 0) is 14.3 Å². The van der Waals surface area contributed by atoms with E-state index in [4.69, 9.17) is 9.15 Å². The minimum absolute atomic E-state index is 0.0729. The molecule has 3 rings (SSSR count). The molecular formula is C19H19FN2O5. The Morgan fingerprint density at radius 3 is 2.56 bits per heavy atom. The average molecular weight is 374 g/mol. The molecule has 2 aromatic rings. The van der Waals surface area contributed by atoms with Crippen LogP contribution in [0.3, 0.4) is 0 Å². The summed E-state index contributed by atoms with van der Waals surface area (Å²) in [5.41, 5.74) is 0.605. The molecular weight excluding hydrogens is 355 g/mol. The second-order valence-electron chi connectivity index (χ2n) is 6.34. The van der Waals surface area contributed by atoms with Crippen LogP contribution in [0.15, 0.2) is 40.8 Å². The van der Waals surface area contributed by atoms with Gasteiger partial charge in [-0.1, -0.05) is 0 Å². The fraction of sp³-hybridized carbons (Fsp3) is 0.316. The number of carbonyl (C=O) groups excluding carboxylic acids is 3. The predicted molar refractivity (Wildman–Crippen MR) is 93.2 cm³/mol. The third-order valence-electron chi connectivity index (χ3n) is 4.01. The number of amides is 2. The monoisotopic (exact) mass is 374 g/mol. The van der Waals surface area contributed by atoms with Crippen molar-refractivity contribution in [1.29, 1.82) is 0 Å². The molecule has 1 N–H and O–H groups in total. The van der Waals surface area contributed by atoms with Gasteiger partial charge < -0.3 is 19.4 Å². The van der Waals surface area contributed by atoms with Crippen LogP contribution >= 0.6 is 0 Å². The van der Waals surface area contributed by atoms with E-state index < -0.39 is 18.5 Å². The Morgan fingerprint density at radius 1 is 1.19 bits per heavy atom. The molecule has 142 valence electrons. The van der Waals surface area contributed by atoms with Crippen molar-refractivity contribution < 1.29 is 27.9 Å². The Hall–Kier alpha value is -3.16. The average Bonchev–Trinajstić information content (AvgIpc) is 3.31. The number of nitrogens with zero attached hydrogens (tertiary/aromatic N) is 1. The molecule has 1 saturated carbocycles. The summed E-state index contributed by atoms with van der Waals surface area (Å²) in [4.78, 5) is 36.9. The molecule has 1 fully saturated rings. The van der Waals surface area contributed by atoms with Crippen molar-refractivity contribution in [3.05, 3.63) is 48.0 Å². The number of nitrogens with one attached hydrogen (secondary N) is 1. The number of ether oxygens (including phenoxy) is 1. The maximum Gasteiger partial charge on any atom is 0.374 e. The van der Waals surface area contributed by atoms with Gasteiger partial charge in [-0.3, -0.25) is 9.59 Å². The minimum Gasteiger partial charge on any atom is -0.450 e. The number of hydrogen-bond acceptors (Lipinski definition) is 5. The third kappa shape index (κ3) is 5.16. The zero-order valence-electron chi connectivity index (χ0n) is 14.7. The molecule has 0 radical (unpaired) electrons. The SMILES string of the molecule is CN(CC(=O)NC1CC1)C(=O)COC(=O)c1ccc(-c2ccc(F)cc2)o1. The van der Waals surface area contributed by atoms with Crippen molar-refractivity contribution >= 4 is 17.8 Å². The molecule has 0 saturated heterocycles. The molecule has 8 heteroatoms. The van der Waals surface area contributed by atoms with Gasteiger partial charge in [0.05, 0.1) is 6.54 Å². The second kappa shape index (κ2) is 8.03. The van der Waals surface area contributed by atoms with Gasteiger partial charge in [-0.25, -0.2) is 9.18 Å². The molecule has 7 nitrogen and oxygen atoms in total. The molecule has 1 aliphatic rings. The highest BCUT2D eigenvalue weighted by Crippen LogP contribution is 2.22. The van der Waals surface area contributed by atoms with Crippen molar-refractivity contribution in [2.24, 2.45) is 0 Å². The van der Waals surface area contributed by atoms with E-state index in [1.807, 2.05) is 0 Å². The van der Waals surface area contributed by atoms with Gasteiger partial charge in [-0.05, 0) is 49.2 Å². The molecule has 1 aromatic carbocycles. The Balaban J connectivity index is 1.49. The minimum atomic E-state index is -0.799. The van der Waals surface area contributed by atoms with E-state index in [2.05, 4.69) is 5.32 Å². The van der Waals surface area contributed by atoms with Crippen LogP contribution in [0.1, 0.15) is 23.4 Å². The lowest BCUT2D eigenvalue weighted by atomic mass is 10.2. The largest absolute Gasteiger partial charge is 0.450 e. The molecule has 0 aliphatic heterocycles. The van der Waals surface area contributed by atoms with Crippen LogP contribution in [0, 0.1) is 5.82 Å². The summed E-state index contributed by atoms with van der Waals surface area (Å²) >= 11 is 0. The van der Waals surface area contributed by atoms with Crippen LogP contribution in [0.2, 0.25) is 0 Å². The molecule has 27 heavy (non-hydrogen) atoms. The summed E-state index contributed by atoms with van der Waals surface area (Å²) in [7, 11) is 1.46. The van der Waals surface area contributed by atoms with Crippen molar-refractivity contribution in [3.63, 3.8) is 0 Å². The number of esters is 1. The molecule has 0 bridgehead atoms. The summed E-state index contributed by atoms with van der Waals surface area (Å²) in [6.07, 6.45) is 1.92. The van der Waals surface area contributed by atoms with E-state index in [1.54, 1.807) is 6.07 Å². The van der Waals surface area contributed by atoms with Gasteiger partial charge in [0.25, 0.3) is 5.91 Å². The summed E-state index contributed by atoms with van der Waals surface area (Å²) in [5.74, 6) is -1.61.